The van der Waals surface area contributed by atoms with E-state index in [0.29, 0.717) is 0 Å². The second-order valence-corrected chi connectivity index (χ2v) is 7.35. The molecule has 2 heteroatoms. The van der Waals surface area contributed by atoms with Crippen molar-refractivity contribution in [3.8, 4) is 0 Å². The maximum atomic E-state index is 11.4. The average molecular weight is 300 g/mol. The second-order valence-electron chi connectivity index (χ2n) is 7.35. The van der Waals surface area contributed by atoms with E-state index in [4.69, 9.17) is 4.74 Å². The molecule has 0 aromatic carbocycles. The Kier molecular flexibility index (Phi) is 5.10. The Labute approximate surface area is 134 Å². The van der Waals surface area contributed by atoms with Gasteiger partial charge in [0.2, 0.25) is 0 Å². The topological polar surface area (TPSA) is 26.3 Å². The van der Waals surface area contributed by atoms with E-state index in [1.54, 1.807) is 6.08 Å². The van der Waals surface area contributed by atoms with Gasteiger partial charge < -0.3 is 4.74 Å². The smallest absolute Gasteiger partial charge is 0.331 e. The molecule has 22 heavy (non-hydrogen) atoms. The molecule has 120 valence electrons. The van der Waals surface area contributed by atoms with E-state index in [1.165, 1.54) is 30.4 Å². The molecule has 1 heterocycles. The minimum absolute atomic E-state index is 0.128. The third-order valence-corrected chi connectivity index (χ3v) is 4.66. The molecule has 1 aliphatic carbocycles. The summed E-state index contributed by atoms with van der Waals surface area (Å²) in [6.07, 6.45) is 12.5. The van der Waals surface area contributed by atoms with Crippen LogP contribution >= 0.6 is 0 Å². The molecule has 2 nitrogen and oxygen atoms in total. The van der Waals surface area contributed by atoms with Crippen LogP contribution in [0.4, 0.5) is 0 Å². The molecule has 2 rings (SSSR count). The molecule has 0 saturated heterocycles. The number of allylic oxidation sites excluding steroid dienone is 5. The van der Waals surface area contributed by atoms with Gasteiger partial charge in [0.1, 0.15) is 6.10 Å². The van der Waals surface area contributed by atoms with Gasteiger partial charge >= 0.3 is 5.97 Å². The Bertz CT molecular complexity index is 571. The highest BCUT2D eigenvalue weighted by Crippen LogP contribution is 2.40. The van der Waals surface area contributed by atoms with Gasteiger partial charge in [0.05, 0.1) is 0 Å². The lowest BCUT2D eigenvalue weighted by atomic mass is 9.72. The second kappa shape index (κ2) is 6.68. The van der Waals surface area contributed by atoms with Crippen molar-refractivity contribution in [2.75, 3.05) is 0 Å². The Balaban J connectivity index is 2.11. The minimum atomic E-state index is -0.228. The number of ether oxygens (including phenoxy) is 1. The van der Waals surface area contributed by atoms with Crippen molar-refractivity contribution in [1.29, 1.82) is 0 Å². The molecule has 0 aromatic rings. The number of carbonyl (C=O) groups is 1. The molecule has 0 fully saturated rings. The predicted octanol–water partition coefficient (Wildman–Crippen LogP) is 5.28. The first-order valence-corrected chi connectivity index (χ1v) is 8.22. The monoisotopic (exact) mass is 300 g/mol. The van der Waals surface area contributed by atoms with Crippen LogP contribution in [0.1, 0.15) is 60.3 Å². The van der Waals surface area contributed by atoms with E-state index >= 15 is 0 Å². The molecule has 2 aliphatic rings. The summed E-state index contributed by atoms with van der Waals surface area (Å²) in [5.74, 6) is -0.228. The Morgan fingerprint density at radius 2 is 2.09 bits per heavy atom. The van der Waals surface area contributed by atoms with Crippen LogP contribution in [-0.2, 0) is 9.53 Å². The maximum absolute atomic E-state index is 11.4. The minimum Gasteiger partial charge on any atom is -0.455 e. The summed E-state index contributed by atoms with van der Waals surface area (Å²) in [5, 5.41) is 0. The Morgan fingerprint density at radius 3 is 2.73 bits per heavy atom. The quantitative estimate of drug-likeness (QED) is 0.524. The van der Waals surface area contributed by atoms with Crippen molar-refractivity contribution < 1.29 is 9.53 Å². The molecular weight excluding hydrogens is 272 g/mol. The lowest BCUT2D eigenvalue weighted by Gasteiger charge is -2.33. The van der Waals surface area contributed by atoms with E-state index in [2.05, 4.69) is 45.9 Å². The summed E-state index contributed by atoms with van der Waals surface area (Å²) in [6.45, 7) is 10.9. The zero-order valence-corrected chi connectivity index (χ0v) is 14.5. The molecule has 0 saturated carbocycles. The summed E-state index contributed by atoms with van der Waals surface area (Å²) in [7, 11) is 0. The highest BCUT2D eigenvalue weighted by Gasteiger charge is 2.26. The molecule has 0 spiro atoms. The molecule has 1 atom stereocenters. The zero-order valence-electron chi connectivity index (χ0n) is 14.5. The van der Waals surface area contributed by atoms with Crippen LogP contribution in [0.5, 0.6) is 0 Å². The number of rotatable bonds is 3. The first kappa shape index (κ1) is 16.8. The fourth-order valence-corrected chi connectivity index (χ4v) is 3.47. The van der Waals surface area contributed by atoms with Crippen molar-refractivity contribution in [2.45, 2.75) is 66.4 Å². The normalized spacial score (nSPS) is 26.2. The van der Waals surface area contributed by atoms with Crippen LogP contribution in [0, 0.1) is 5.41 Å². The van der Waals surface area contributed by atoms with E-state index in [1.807, 2.05) is 6.92 Å². The van der Waals surface area contributed by atoms with Crippen molar-refractivity contribution in [3.63, 3.8) is 0 Å². The number of hydrogen-bond acceptors (Lipinski definition) is 2. The van der Waals surface area contributed by atoms with Crippen molar-refractivity contribution in [1.82, 2.24) is 0 Å². The molecular formula is C20H28O2. The van der Waals surface area contributed by atoms with Gasteiger partial charge in [0, 0.05) is 12.5 Å². The SMILES string of the molecule is CC1=CC(=O)OC(/C=C(C)/C=C/C2=C(C)CCCC2(C)C)C1. The van der Waals surface area contributed by atoms with Gasteiger partial charge in [0.25, 0.3) is 0 Å². The molecule has 0 radical (unpaired) electrons. The van der Waals surface area contributed by atoms with Gasteiger partial charge in [-0.1, -0.05) is 42.7 Å². The lowest BCUT2D eigenvalue weighted by Crippen LogP contribution is -2.20. The molecule has 1 unspecified atom stereocenters. The van der Waals surface area contributed by atoms with Gasteiger partial charge in [0.15, 0.2) is 0 Å². The zero-order chi connectivity index (χ0) is 16.3. The Morgan fingerprint density at radius 1 is 1.36 bits per heavy atom. The maximum Gasteiger partial charge on any atom is 0.331 e. The van der Waals surface area contributed by atoms with Crippen molar-refractivity contribution >= 4 is 5.97 Å². The summed E-state index contributed by atoms with van der Waals surface area (Å²) in [6, 6.07) is 0. The summed E-state index contributed by atoms with van der Waals surface area (Å²) in [4.78, 5) is 11.4. The largest absolute Gasteiger partial charge is 0.455 e. The summed E-state index contributed by atoms with van der Waals surface area (Å²) < 4.78 is 5.34. The highest BCUT2D eigenvalue weighted by atomic mass is 16.5. The molecule has 0 bridgehead atoms. The van der Waals surface area contributed by atoms with Crippen LogP contribution in [0.3, 0.4) is 0 Å². The highest BCUT2D eigenvalue weighted by molar-refractivity contribution is 5.83. The van der Waals surface area contributed by atoms with Crippen LogP contribution in [-0.4, -0.2) is 12.1 Å². The van der Waals surface area contributed by atoms with Crippen LogP contribution in [0.2, 0.25) is 0 Å². The standard InChI is InChI=1S/C20H28O2/c1-14(11-17-12-15(2)13-19(21)22-17)8-9-18-16(3)7-6-10-20(18,4)5/h8-9,11,13,17H,6-7,10,12H2,1-5H3/b9-8+,14-11+. The Hall–Kier alpha value is -1.57. The lowest BCUT2D eigenvalue weighted by molar-refractivity contribution is -0.142. The summed E-state index contributed by atoms with van der Waals surface area (Å²) in [5.41, 5.74) is 5.46. The van der Waals surface area contributed by atoms with Gasteiger partial charge in [-0.15, -0.1) is 0 Å². The molecule has 1 aliphatic heterocycles. The van der Waals surface area contributed by atoms with Crippen LogP contribution in [0.15, 0.2) is 46.6 Å². The first-order chi connectivity index (χ1) is 10.3. The van der Waals surface area contributed by atoms with Crippen LogP contribution in [0.25, 0.3) is 0 Å². The van der Waals surface area contributed by atoms with E-state index in [-0.39, 0.29) is 17.5 Å². The van der Waals surface area contributed by atoms with Gasteiger partial charge in [-0.05, 0) is 57.1 Å². The third-order valence-electron chi connectivity index (χ3n) is 4.66. The first-order valence-electron chi connectivity index (χ1n) is 8.22. The fraction of sp³-hybridized carbons (Fsp3) is 0.550. The predicted molar refractivity (Wildman–Crippen MR) is 91.5 cm³/mol. The van der Waals surface area contributed by atoms with E-state index < -0.39 is 0 Å². The molecule has 0 N–H and O–H groups in total. The van der Waals surface area contributed by atoms with Gasteiger partial charge in [-0.2, -0.15) is 0 Å². The van der Waals surface area contributed by atoms with E-state index in [9.17, 15) is 4.79 Å². The fourth-order valence-electron chi connectivity index (χ4n) is 3.47. The number of carbonyl (C=O) groups excluding carboxylic acids is 1. The number of hydrogen-bond donors (Lipinski definition) is 0. The number of esters is 1. The molecule has 0 aromatic heterocycles. The van der Waals surface area contributed by atoms with Gasteiger partial charge in [-0.3, -0.25) is 0 Å². The average Bonchev–Trinajstić information content (AvgIpc) is 2.35. The van der Waals surface area contributed by atoms with E-state index in [0.717, 1.165) is 17.6 Å². The number of cyclic esters (lactones) is 1. The van der Waals surface area contributed by atoms with Crippen molar-refractivity contribution in [3.05, 3.63) is 46.6 Å². The van der Waals surface area contributed by atoms with Crippen LogP contribution < -0.4 is 0 Å². The van der Waals surface area contributed by atoms with Gasteiger partial charge in [-0.25, -0.2) is 4.79 Å². The van der Waals surface area contributed by atoms with Crippen molar-refractivity contribution in [2.24, 2.45) is 5.41 Å². The summed E-state index contributed by atoms with van der Waals surface area (Å²) >= 11 is 0. The third kappa shape index (κ3) is 4.22. The molecule has 0 amide bonds.